The molecule has 7 aromatic rings. The first-order chi connectivity index (χ1) is 24.2. The molecular weight excluding hydrogens is 597 g/mol. The Kier molecular flexibility index (Phi) is 7.61. The first-order valence-corrected chi connectivity index (χ1v) is 16.5. The summed E-state index contributed by atoms with van der Waals surface area (Å²) in [4.78, 5) is 2.32. The molecule has 0 aliphatic carbocycles. The van der Waals surface area contributed by atoms with Gasteiger partial charge in [0.15, 0.2) is 0 Å². The number of benzene rings is 6. The monoisotopic (exact) mass is 628 g/mol. The highest BCUT2D eigenvalue weighted by Gasteiger charge is 2.22. The van der Waals surface area contributed by atoms with Gasteiger partial charge in [0.05, 0.1) is 34.4 Å². The lowest BCUT2D eigenvalue weighted by Gasteiger charge is -2.32. The molecule has 1 unspecified atom stereocenters. The van der Waals surface area contributed by atoms with Gasteiger partial charge < -0.3 is 9.47 Å². The van der Waals surface area contributed by atoms with E-state index in [1.54, 1.807) is 0 Å². The zero-order valence-electron chi connectivity index (χ0n) is 27.1. The lowest BCUT2D eigenvalue weighted by atomic mass is 9.89. The molecule has 0 amide bonds. The number of fused-ring (bicyclic) bond motifs is 4. The maximum Gasteiger partial charge on any atom is 0.0998 e. The van der Waals surface area contributed by atoms with Crippen LogP contribution >= 0.6 is 0 Å². The maximum atomic E-state index is 10.5. The molecule has 1 aliphatic heterocycles. The van der Waals surface area contributed by atoms with Crippen molar-refractivity contribution in [1.29, 1.82) is 10.5 Å². The quantitative estimate of drug-likeness (QED) is 0.195. The SMILES string of the molecule is CC1/C=C\C(C#N)=C/Cc2ccccc2N1c1cccc(-c2c(C#N)cccc2-c2ccccc2-n2c3ccccc3c3ccccc32)c1. The Morgan fingerprint density at radius 1 is 0.633 bits per heavy atom. The summed E-state index contributed by atoms with van der Waals surface area (Å²) in [7, 11) is 0. The van der Waals surface area contributed by atoms with Gasteiger partial charge in [-0.25, -0.2) is 0 Å². The van der Waals surface area contributed by atoms with Crippen LogP contribution < -0.4 is 4.90 Å². The minimum absolute atomic E-state index is 0.0343. The third-order valence-electron chi connectivity index (χ3n) is 9.50. The summed E-state index contributed by atoms with van der Waals surface area (Å²) in [6.45, 7) is 2.15. The van der Waals surface area contributed by atoms with Gasteiger partial charge in [-0.3, -0.25) is 0 Å². The lowest BCUT2D eigenvalue weighted by Crippen LogP contribution is -2.27. The Bertz CT molecular complexity index is 2480. The summed E-state index contributed by atoms with van der Waals surface area (Å²) in [5.74, 6) is 0. The summed E-state index contributed by atoms with van der Waals surface area (Å²) in [5.41, 5.74) is 11.8. The van der Waals surface area contributed by atoms with Crippen molar-refractivity contribution in [2.24, 2.45) is 0 Å². The molecule has 0 bridgehead atoms. The standard InChI is InChI=1S/C45H32N4/c1-31-24-25-32(29-46)26-27-33-12-2-6-20-41(33)48(31)36-15-10-13-34(28-36)45-35(30-47)14-11-19-40(45)39-18-5-9-23-44(39)49-42-21-7-3-16-37(42)38-17-4-8-22-43(38)49/h2-26,28,31H,27H2,1H3/b25-24-,32-26+. The van der Waals surface area contributed by atoms with Crippen LogP contribution in [-0.2, 0) is 6.42 Å². The van der Waals surface area contributed by atoms with Crippen LogP contribution in [0.25, 0.3) is 49.7 Å². The second kappa shape index (κ2) is 12.5. The molecule has 1 aromatic heterocycles. The van der Waals surface area contributed by atoms with E-state index in [4.69, 9.17) is 0 Å². The van der Waals surface area contributed by atoms with Crippen molar-refractivity contribution in [3.05, 3.63) is 174 Å². The largest absolute Gasteiger partial charge is 0.335 e. The number of anilines is 2. The van der Waals surface area contributed by atoms with Crippen LogP contribution in [0.15, 0.2) is 163 Å². The van der Waals surface area contributed by atoms with Crippen LogP contribution in [0.4, 0.5) is 11.4 Å². The number of para-hydroxylation sites is 4. The first kappa shape index (κ1) is 29.8. The molecule has 0 N–H and O–H groups in total. The Morgan fingerprint density at radius 3 is 2.04 bits per heavy atom. The Morgan fingerprint density at radius 2 is 1.29 bits per heavy atom. The predicted molar refractivity (Wildman–Crippen MR) is 201 cm³/mol. The Hall–Kier alpha value is -6.62. The molecule has 2 heterocycles. The van der Waals surface area contributed by atoms with Crippen molar-refractivity contribution in [2.75, 3.05) is 4.90 Å². The highest BCUT2D eigenvalue weighted by Crippen LogP contribution is 2.42. The summed E-state index contributed by atoms with van der Waals surface area (Å²) in [6, 6.07) is 53.3. The third kappa shape index (κ3) is 5.17. The van der Waals surface area contributed by atoms with Crippen molar-refractivity contribution in [2.45, 2.75) is 19.4 Å². The van der Waals surface area contributed by atoms with Gasteiger partial charge in [-0.2, -0.15) is 10.5 Å². The minimum Gasteiger partial charge on any atom is -0.335 e. The minimum atomic E-state index is -0.0343. The van der Waals surface area contributed by atoms with Gasteiger partial charge in [-0.05, 0) is 78.6 Å². The molecule has 0 radical (unpaired) electrons. The molecule has 8 rings (SSSR count). The van der Waals surface area contributed by atoms with Crippen LogP contribution in [0.3, 0.4) is 0 Å². The Balaban J connectivity index is 1.33. The topological polar surface area (TPSA) is 55.8 Å². The van der Waals surface area contributed by atoms with E-state index in [0.29, 0.717) is 17.6 Å². The van der Waals surface area contributed by atoms with E-state index in [1.807, 2.05) is 30.4 Å². The van der Waals surface area contributed by atoms with Gasteiger partial charge >= 0.3 is 0 Å². The molecule has 1 aliphatic rings. The summed E-state index contributed by atoms with van der Waals surface area (Å²) >= 11 is 0. The lowest BCUT2D eigenvalue weighted by molar-refractivity contribution is 0.860. The van der Waals surface area contributed by atoms with Crippen molar-refractivity contribution in [3.8, 4) is 40.1 Å². The zero-order chi connectivity index (χ0) is 33.3. The van der Waals surface area contributed by atoms with E-state index in [9.17, 15) is 10.5 Å². The molecule has 0 saturated carbocycles. The summed E-state index contributed by atoms with van der Waals surface area (Å²) in [6.07, 6.45) is 6.65. The van der Waals surface area contributed by atoms with Gasteiger partial charge in [0.1, 0.15) is 0 Å². The van der Waals surface area contributed by atoms with E-state index in [0.717, 1.165) is 55.9 Å². The number of hydrogen-bond acceptors (Lipinski definition) is 3. The molecule has 0 fully saturated rings. The fourth-order valence-corrected chi connectivity index (χ4v) is 7.28. The van der Waals surface area contributed by atoms with Crippen LogP contribution in [0.5, 0.6) is 0 Å². The average molecular weight is 629 g/mol. The maximum absolute atomic E-state index is 10.5. The molecule has 232 valence electrons. The Labute approximate surface area is 286 Å². The molecule has 4 heteroatoms. The van der Waals surface area contributed by atoms with E-state index >= 15 is 0 Å². The van der Waals surface area contributed by atoms with Crippen molar-refractivity contribution < 1.29 is 0 Å². The smallest absolute Gasteiger partial charge is 0.0998 e. The second-order valence-corrected chi connectivity index (χ2v) is 12.4. The van der Waals surface area contributed by atoms with E-state index in [-0.39, 0.29) is 6.04 Å². The van der Waals surface area contributed by atoms with Gasteiger partial charge in [0.25, 0.3) is 0 Å². The molecule has 6 aromatic carbocycles. The number of allylic oxidation sites excluding steroid dienone is 3. The van der Waals surface area contributed by atoms with Gasteiger partial charge in [-0.15, -0.1) is 0 Å². The van der Waals surface area contributed by atoms with Crippen molar-refractivity contribution in [1.82, 2.24) is 4.57 Å². The highest BCUT2D eigenvalue weighted by atomic mass is 15.2. The van der Waals surface area contributed by atoms with Crippen LogP contribution in [0.1, 0.15) is 18.1 Å². The summed E-state index contributed by atoms with van der Waals surface area (Å²) < 4.78 is 2.34. The molecule has 49 heavy (non-hydrogen) atoms. The highest BCUT2D eigenvalue weighted by molar-refractivity contribution is 6.10. The van der Waals surface area contributed by atoms with Crippen LogP contribution in [-0.4, -0.2) is 10.6 Å². The van der Waals surface area contributed by atoms with Gasteiger partial charge in [0, 0.05) is 44.9 Å². The van der Waals surface area contributed by atoms with Crippen LogP contribution in [0.2, 0.25) is 0 Å². The molecule has 0 saturated heterocycles. The zero-order valence-corrected chi connectivity index (χ0v) is 27.1. The predicted octanol–water partition coefficient (Wildman–Crippen LogP) is 11.1. The fraction of sp³-hybridized carbons (Fsp3) is 0.0667. The van der Waals surface area contributed by atoms with Crippen LogP contribution in [0, 0.1) is 22.7 Å². The van der Waals surface area contributed by atoms with Crippen molar-refractivity contribution >= 4 is 33.2 Å². The number of hydrogen-bond donors (Lipinski definition) is 0. The van der Waals surface area contributed by atoms with E-state index in [1.165, 1.54) is 10.8 Å². The number of nitrogens with zero attached hydrogens (tertiary/aromatic N) is 4. The molecule has 1 atom stereocenters. The molecular formula is C45H32N4. The number of aromatic nitrogens is 1. The van der Waals surface area contributed by atoms with Crippen molar-refractivity contribution in [3.63, 3.8) is 0 Å². The number of rotatable bonds is 4. The number of nitriles is 2. The third-order valence-corrected chi connectivity index (χ3v) is 9.50. The second-order valence-electron chi connectivity index (χ2n) is 12.4. The fourth-order valence-electron chi connectivity index (χ4n) is 7.28. The van der Waals surface area contributed by atoms with E-state index < -0.39 is 0 Å². The molecule has 4 nitrogen and oxygen atoms in total. The normalized spacial score (nSPS) is 16.0. The van der Waals surface area contributed by atoms with Gasteiger partial charge in [-0.1, -0.05) is 109 Å². The summed E-state index contributed by atoms with van der Waals surface area (Å²) in [5, 5.41) is 22.6. The molecule has 0 spiro atoms. The first-order valence-electron chi connectivity index (χ1n) is 16.5. The van der Waals surface area contributed by atoms with E-state index in [2.05, 4.69) is 156 Å². The average Bonchev–Trinajstić information content (AvgIpc) is 3.52. The van der Waals surface area contributed by atoms with Gasteiger partial charge in [0.2, 0.25) is 0 Å².